The molecule has 0 bridgehead atoms. The number of nitrogens with zero attached hydrogens (tertiary/aromatic N) is 3. The lowest BCUT2D eigenvalue weighted by molar-refractivity contribution is 0.0955. The lowest BCUT2D eigenvalue weighted by Crippen LogP contribution is -2.22. The summed E-state index contributed by atoms with van der Waals surface area (Å²) in [7, 11) is 0. The highest BCUT2D eigenvalue weighted by atomic mass is 16.2. The minimum atomic E-state index is -0.233. The first-order chi connectivity index (χ1) is 17.2. The maximum Gasteiger partial charge on any atom is 0.271 e. The first kappa shape index (κ1) is 23.8. The molecule has 0 heterocycles. The summed E-state index contributed by atoms with van der Waals surface area (Å²) in [6.07, 6.45) is 1.65. The van der Waals surface area contributed by atoms with Crippen LogP contribution in [0.25, 0.3) is 0 Å². The molecule has 0 aromatic heterocycles. The Hall–Kier alpha value is -4.38. The second-order valence-corrected chi connectivity index (χ2v) is 8.02. The van der Waals surface area contributed by atoms with Gasteiger partial charge in [-0.05, 0) is 80.1 Å². The molecule has 4 aromatic carbocycles. The average Bonchev–Trinajstić information content (AvgIpc) is 2.92. The van der Waals surface area contributed by atoms with E-state index in [1.807, 2.05) is 72.8 Å². The van der Waals surface area contributed by atoms with Gasteiger partial charge in [0.15, 0.2) is 0 Å². The van der Waals surface area contributed by atoms with E-state index in [1.54, 1.807) is 6.21 Å². The Kier molecular flexibility index (Phi) is 7.92. The maximum absolute atomic E-state index is 12.5. The van der Waals surface area contributed by atoms with Crippen LogP contribution in [-0.2, 0) is 0 Å². The van der Waals surface area contributed by atoms with Crippen LogP contribution in [0.2, 0.25) is 0 Å². The van der Waals surface area contributed by atoms with Crippen LogP contribution in [-0.4, -0.2) is 25.2 Å². The summed E-state index contributed by atoms with van der Waals surface area (Å²) in [5.74, 6) is -0.233. The monoisotopic (exact) mass is 462 g/mol. The van der Waals surface area contributed by atoms with E-state index in [4.69, 9.17) is 0 Å². The van der Waals surface area contributed by atoms with Crippen molar-refractivity contribution in [3.63, 3.8) is 0 Å². The molecule has 0 fully saturated rings. The summed E-state index contributed by atoms with van der Waals surface area (Å²) in [6, 6.07) is 36.2. The molecule has 5 nitrogen and oxygen atoms in total. The molecule has 0 spiro atoms. The predicted molar refractivity (Wildman–Crippen MR) is 146 cm³/mol. The van der Waals surface area contributed by atoms with E-state index in [0.717, 1.165) is 41.4 Å². The zero-order chi connectivity index (χ0) is 24.5. The lowest BCUT2D eigenvalue weighted by atomic mass is 10.1. The van der Waals surface area contributed by atoms with Gasteiger partial charge >= 0.3 is 0 Å². The van der Waals surface area contributed by atoms with Gasteiger partial charge in [0.2, 0.25) is 0 Å². The summed E-state index contributed by atoms with van der Waals surface area (Å²) in [5.41, 5.74) is 8.40. The van der Waals surface area contributed by atoms with Crippen LogP contribution in [0.4, 0.5) is 22.7 Å². The molecular weight excluding hydrogens is 432 g/mol. The number of rotatable bonds is 9. The number of hydrogen-bond acceptors (Lipinski definition) is 4. The van der Waals surface area contributed by atoms with Gasteiger partial charge in [-0.3, -0.25) is 4.79 Å². The third-order valence-corrected chi connectivity index (χ3v) is 5.82. The Morgan fingerprint density at radius 2 is 1.17 bits per heavy atom. The van der Waals surface area contributed by atoms with E-state index < -0.39 is 0 Å². The molecule has 0 unspecified atom stereocenters. The van der Waals surface area contributed by atoms with Crippen LogP contribution < -0.4 is 15.2 Å². The second-order valence-electron chi connectivity index (χ2n) is 8.02. The third kappa shape index (κ3) is 5.95. The number of carbonyl (C=O) groups excluding carboxylic acids is 1. The van der Waals surface area contributed by atoms with Crippen molar-refractivity contribution in [2.24, 2.45) is 5.10 Å². The number of para-hydroxylation sites is 2. The van der Waals surface area contributed by atoms with Gasteiger partial charge in [-0.2, -0.15) is 5.10 Å². The maximum atomic E-state index is 12.5. The molecule has 0 aliphatic rings. The number of hydrogen-bond donors (Lipinski definition) is 1. The summed E-state index contributed by atoms with van der Waals surface area (Å²) in [5, 5.41) is 4.15. The Bertz CT molecular complexity index is 1190. The molecule has 1 N–H and O–H groups in total. The number of hydrazone groups is 1. The molecule has 4 aromatic rings. The highest BCUT2D eigenvalue weighted by molar-refractivity contribution is 5.95. The lowest BCUT2D eigenvalue weighted by Gasteiger charge is -2.25. The summed E-state index contributed by atoms with van der Waals surface area (Å²) in [4.78, 5) is 16.9. The normalized spacial score (nSPS) is 10.8. The van der Waals surface area contributed by atoms with Crippen molar-refractivity contribution in [1.29, 1.82) is 0 Å². The number of benzene rings is 4. The Balaban J connectivity index is 1.44. The standard InChI is InChI=1S/C30H30N4O/c1-3-33(4-2)26-21-17-25(18-22-26)30(35)32-31-23-24-15-19-29(20-16-24)34(27-11-7-5-8-12-27)28-13-9-6-10-14-28/h5-23H,3-4H2,1-2H3,(H,32,35)/b31-23+. The Morgan fingerprint density at radius 1 is 0.686 bits per heavy atom. The quantitative estimate of drug-likeness (QED) is 0.221. The molecule has 5 heteroatoms. The van der Waals surface area contributed by atoms with Crippen LogP contribution in [0, 0.1) is 0 Å². The largest absolute Gasteiger partial charge is 0.372 e. The molecule has 0 aliphatic carbocycles. The number of nitrogens with one attached hydrogen (secondary N) is 1. The zero-order valence-electron chi connectivity index (χ0n) is 20.1. The molecule has 35 heavy (non-hydrogen) atoms. The number of carbonyl (C=O) groups is 1. The van der Waals surface area contributed by atoms with Crippen molar-refractivity contribution in [3.8, 4) is 0 Å². The summed E-state index contributed by atoms with van der Waals surface area (Å²) >= 11 is 0. The second kappa shape index (κ2) is 11.7. The van der Waals surface area contributed by atoms with Gasteiger partial charge < -0.3 is 9.80 Å². The molecule has 0 saturated carbocycles. The van der Waals surface area contributed by atoms with Gasteiger partial charge in [0.1, 0.15) is 0 Å². The Morgan fingerprint density at radius 3 is 1.69 bits per heavy atom. The molecule has 0 atom stereocenters. The van der Waals surface area contributed by atoms with Crippen molar-refractivity contribution in [1.82, 2.24) is 5.43 Å². The fraction of sp³-hybridized carbons (Fsp3) is 0.133. The Labute approximate surface area is 207 Å². The van der Waals surface area contributed by atoms with E-state index in [2.05, 4.69) is 70.6 Å². The molecule has 0 radical (unpaired) electrons. The van der Waals surface area contributed by atoms with Crippen LogP contribution in [0.5, 0.6) is 0 Å². The van der Waals surface area contributed by atoms with Gasteiger partial charge in [0.05, 0.1) is 6.21 Å². The van der Waals surface area contributed by atoms with Crippen molar-refractivity contribution >= 4 is 34.9 Å². The van der Waals surface area contributed by atoms with Crippen molar-refractivity contribution in [3.05, 3.63) is 120 Å². The van der Waals surface area contributed by atoms with Crippen LogP contribution in [0.1, 0.15) is 29.8 Å². The summed E-state index contributed by atoms with van der Waals surface area (Å²) in [6.45, 7) is 6.09. The number of anilines is 4. The van der Waals surface area contributed by atoms with E-state index in [0.29, 0.717) is 5.56 Å². The van der Waals surface area contributed by atoms with Crippen LogP contribution in [0.15, 0.2) is 114 Å². The van der Waals surface area contributed by atoms with Crippen molar-refractivity contribution in [2.75, 3.05) is 22.9 Å². The predicted octanol–water partition coefficient (Wildman–Crippen LogP) is 6.77. The topological polar surface area (TPSA) is 47.9 Å². The van der Waals surface area contributed by atoms with Crippen LogP contribution >= 0.6 is 0 Å². The molecular formula is C30H30N4O. The third-order valence-electron chi connectivity index (χ3n) is 5.82. The van der Waals surface area contributed by atoms with Gasteiger partial charge in [0, 0.05) is 41.4 Å². The highest BCUT2D eigenvalue weighted by Gasteiger charge is 2.11. The fourth-order valence-corrected chi connectivity index (χ4v) is 3.95. The molecule has 4 rings (SSSR count). The molecule has 176 valence electrons. The highest BCUT2D eigenvalue weighted by Crippen LogP contribution is 2.33. The first-order valence-corrected chi connectivity index (χ1v) is 11.9. The average molecular weight is 463 g/mol. The SMILES string of the molecule is CCN(CC)c1ccc(C(=O)N/N=C/c2ccc(N(c3ccccc3)c3ccccc3)cc2)cc1. The smallest absolute Gasteiger partial charge is 0.271 e. The molecule has 1 amide bonds. The molecule has 0 saturated heterocycles. The van der Waals surface area contributed by atoms with Crippen molar-refractivity contribution in [2.45, 2.75) is 13.8 Å². The van der Waals surface area contributed by atoms with Gasteiger partial charge in [0.25, 0.3) is 5.91 Å². The number of amides is 1. The van der Waals surface area contributed by atoms with E-state index in [-0.39, 0.29) is 5.91 Å². The van der Waals surface area contributed by atoms with Crippen LogP contribution in [0.3, 0.4) is 0 Å². The summed E-state index contributed by atoms with van der Waals surface area (Å²) < 4.78 is 0. The minimum absolute atomic E-state index is 0.233. The van der Waals surface area contributed by atoms with E-state index in [1.165, 1.54) is 0 Å². The van der Waals surface area contributed by atoms with E-state index >= 15 is 0 Å². The van der Waals surface area contributed by atoms with Crippen molar-refractivity contribution < 1.29 is 4.79 Å². The van der Waals surface area contributed by atoms with E-state index in [9.17, 15) is 4.79 Å². The first-order valence-electron chi connectivity index (χ1n) is 11.9. The van der Waals surface area contributed by atoms with Gasteiger partial charge in [-0.25, -0.2) is 5.43 Å². The fourth-order valence-electron chi connectivity index (χ4n) is 3.95. The minimum Gasteiger partial charge on any atom is -0.372 e. The molecule has 0 aliphatic heterocycles. The van der Waals surface area contributed by atoms with Gasteiger partial charge in [-0.15, -0.1) is 0 Å². The van der Waals surface area contributed by atoms with Gasteiger partial charge in [-0.1, -0.05) is 48.5 Å². The zero-order valence-corrected chi connectivity index (χ0v) is 20.1.